The molecule has 0 fully saturated rings. The highest BCUT2D eigenvalue weighted by molar-refractivity contribution is 5.78. The maximum Gasteiger partial charge on any atom is 0.419 e. The molecule has 0 amide bonds. The van der Waals surface area contributed by atoms with E-state index in [0.29, 0.717) is 24.0 Å². The third-order valence-corrected chi connectivity index (χ3v) is 2.29. The van der Waals surface area contributed by atoms with Gasteiger partial charge in [-0.15, -0.1) is 0 Å². The molecule has 0 unspecified atom stereocenters. The molecule has 7 nitrogen and oxygen atoms in total. The van der Waals surface area contributed by atoms with E-state index in [1.54, 1.807) is 12.1 Å². The van der Waals surface area contributed by atoms with Crippen molar-refractivity contribution in [3.05, 3.63) is 55.2 Å². The van der Waals surface area contributed by atoms with Gasteiger partial charge in [-0.25, -0.2) is 9.59 Å². The van der Waals surface area contributed by atoms with Gasteiger partial charge in [-0.1, -0.05) is 17.0 Å². The van der Waals surface area contributed by atoms with Gasteiger partial charge in [0.05, 0.1) is 10.9 Å². The van der Waals surface area contributed by atoms with E-state index < -0.39 is 11.4 Å². The molecule has 0 radical (unpaired) electrons. The first-order valence-electron chi connectivity index (χ1n) is 5.37. The summed E-state index contributed by atoms with van der Waals surface area (Å²) in [6.45, 7) is 0.298. The smallest absolute Gasteiger partial charge is 0.372 e. The first-order chi connectivity index (χ1) is 9.20. The van der Waals surface area contributed by atoms with Gasteiger partial charge >= 0.3 is 11.4 Å². The zero-order valence-electron chi connectivity index (χ0n) is 9.71. The molecule has 1 aromatic heterocycles. The molecule has 0 saturated carbocycles. The van der Waals surface area contributed by atoms with Gasteiger partial charge in [0.25, 0.3) is 0 Å². The van der Waals surface area contributed by atoms with Crippen LogP contribution in [0.1, 0.15) is 12.0 Å². The highest BCUT2D eigenvalue weighted by Gasteiger charge is 2.02. The van der Waals surface area contributed by atoms with Crippen molar-refractivity contribution < 1.29 is 4.42 Å². The van der Waals surface area contributed by atoms with Gasteiger partial charge in [0, 0.05) is 23.4 Å². The fourth-order valence-electron chi connectivity index (χ4n) is 1.49. The highest BCUT2D eigenvalue weighted by Crippen LogP contribution is 2.07. The van der Waals surface area contributed by atoms with Gasteiger partial charge in [0.15, 0.2) is 0 Å². The number of H-pyrrole nitrogens is 1. The molecule has 1 aromatic carbocycles. The summed E-state index contributed by atoms with van der Waals surface area (Å²) in [5, 5.41) is 3.62. The molecule has 0 saturated heterocycles. The number of benzene rings is 1. The Balaban J connectivity index is 2.34. The number of azide groups is 1. The predicted molar refractivity (Wildman–Crippen MR) is 68.6 cm³/mol. The summed E-state index contributed by atoms with van der Waals surface area (Å²) in [5.41, 5.74) is 8.41. The van der Waals surface area contributed by atoms with E-state index in [9.17, 15) is 9.59 Å². The van der Waals surface area contributed by atoms with Gasteiger partial charge < -0.3 is 4.42 Å². The van der Waals surface area contributed by atoms with Crippen LogP contribution < -0.4 is 11.4 Å². The molecule has 7 heteroatoms. The van der Waals surface area contributed by atoms with Crippen LogP contribution in [-0.2, 0) is 0 Å². The molecule has 0 bridgehead atoms. The largest absolute Gasteiger partial charge is 0.419 e. The zero-order valence-corrected chi connectivity index (χ0v) is 9.71. The molecular weight excluding hydrogens is 248 g/mol. The van der Waals surface area contributed by atoms with E-state index in [1.165, 1.54) is 6.07 Å². The van der Waals surface area contributed by atoms with Crippen LogP contribution in [0.4, 0.5) is 0 Å². The van der Waals surface area contributed by atoms with Crippen LogP contribution in [0.25, 0.3) is 21.3 Å². The Morgan fingerprint density at radius 3 is 3.05 bits per heavy atom. The van der Waals surface area contributed by atoms with Crippen LogP contribution >= 0.6 is 0 Å². The van der Waals surface area contributed by atoms with Crippen molar-refractivity contribution in [3.63, 3.8) is 0 Å². The third kappa shape index (κ3) is 3.03. The molecule has 0 aliphatic heterocycles. The average Bonchev–Trinajstić information content (AvgIpc) is 2.39. The van der Waals surface area contributed by atoms with Crippen molar-refractivity contribution in [1.82, 2.24) is 4.98 Å². The fourth-order valence-corrected chi connectivity index (χ4v) is 1.49. The lowest BCUT2D eigenvalue weighted by Gasteiger charge is -1.95. The van der Waals surface area contributed by atoms with Crippen LogP contribution in [-0.4, -0.2) is 11.5 Å². The van der Waals surface area contributed by atoms with Crippen molar-refractivity contribution in [2.75, 3.05) is 6.54 Å². The van der Waals surface area contributed by atoms with E-state index in [1.807, 2.05) is 0 Å². The molecule has 1 heterocycles. The Morgan fingerprint density at radius 1 is 1.42 bits per heavy atom. The van der Waals surface area contributed by atoms with Crippen molar-refractivity contribution in [2.45, 2.75) is 6.42 Å². The minimum absolute atomic E-state index is 0.265. The van der Waals surface area contributed by atoms with Crippen LogP contribution in [0.15, 0.2) is 37.3 Å². The van der Waals surface area contributed by atoms with Gasteiger partial charge in [-0.05, 0) is 23.7 Å². The normalized spacial score (nSPS) is 9.47. The zero-order chi connectivity index (χ0) is 13.7. The SMILES string of the molecule is [N-]=[N+]=NCCC#Cc1ccc2[nH]c(=O)oc(=O)c2c1. The Labute approximate surface area is 106 Å². The number of aromatic amines is 1. The molecule has 0 atom stereocenters. The Morgan fingerprint density at radius 2 is 2.26 bits per heavy atom. The highest BCUT2D eigenvalue weighted by atomic mass is 16.4. The lowest BCUT2D eigenvalue weighted by molar-refractivity contribution is 0.460. The summed E-state index contributed by atoms with van der Waals surface area (Å²) in [6.07, 6.45) is 0.433. The van der Waals surface area contributed by atoms with Gasteiger partial charge in [-0.3, -0.25) is 4.98 Å². The van der Waals surface area contributed by atoms with Crippen LogP contribution in [0, 0.1) is 11.8 Å². The topological polar surface area (TPSA) is 112 Å². The van der Waals surface area contributed by atoms with Crippen LogP contribution in [0.3, 0.4) is 0 Å². The summed E-state index contributed by atoms with van der Waals surface area (Å²) in [5.74, 6) is 4.86. The molecule has 1 N–H and O–H groups in total. The van der Waals surface area contributed by atoms with Crippen molar-refractivity contribution in [2.24, 2.45) is 5.11 Å². The third-order valence-electron chi connectivity index (χ3n) is 2.29. The number of fused-ring (bicyclic) bond motifs is 1. The number of hydrogen-bond acceptors (Lipinski definition) is 4. The lowest BCUT2D eigenvalue weighted by Crippen LogP contribution is -2.14. The summed E-state index contributed by atoms with van der Waals surface area (Å²) in [6, 6.07) is 4.81. The Kier molecular flexibility index (Phi) is 3.67. The van der Waals surface area contributed by atoms with Gasteiger partial charge in [0.1, 0.15) is 0 Å². The number of nitrogens with zero attached hydrogens (tertiary/aromatic N) is 3. The lowest BCUT2D eigenvalue weighted by atomic mass is 10.1. The Bertz CT molecular complexity index is 832. The predicted octanol–water partition coefficient (Wildman–Crippen LogP) is 1.53. The first-order valence-corrected chi connectivity index (χ1v) is 5.37. The maximum atomic E-state index is 11.5. The van der Waals surface area contributed by atoms with E-state index >= 15 is 0 Å². The van der Waals surface area contributed by atoms with E-state index in [4.69, 9.17) is 5.53 Å². The van der Waals surface area contributed by atoms with Gasteiger partial charge in [-0.2, -0.15) is 0 Å². The second kappa shape index (κ2) is 5.58. The van der Waals surface area contributed by atoms with Gasteiger partial charge in [0.2, 0.25) is 0 Å². The summed E-state index contributed by atoms with van der Waals surface area (Å²) < 4.78 is 4.43. The first kappa shape index (κ1) is 12.5. The number of rotatable bonds is 2. The quantitative estimate of drug-likeness (QED) is 0.289. The summed E-state index contributed by atoms with van der Waals surface area (Å²) in [7, 11) is 0. The van der Waals surface area contributed by atoms with E-state index in [0.717, 1.165) is 0 Å². The van der Waals surface area contributed by atoms with Crippen molar-refractivity contribution in [1.29, 1.82) is 0 Å². The second-order valence-corrected chi connectivity index (χ2v) is 3.57. The molecular formula is C12H8N4O3. The fraction of sp³-hybridized carbons (Fsp3) is 0.167. The molecule has 2 rings (SSSR count). The standard InChI is InChI=1S/C12H8N4O3/c13-16-14-6-2-1-3-8-4-5-10-9(7-8)11(17)19-12(18)15-10/h4-5,7H,2,6H2,(H,15,18). The summed E-state index contributed by atoms with van der Waals surface area (Å²) >= 11 is 0. The minimum atomic E-state index is -0.786. The molecule has 19 heavy (non-hydrogen) atoms. The Hall–Kier alpha value is -2.97. The molecule has 94 valence electrons. The minimum Gasteiger partial charge on any atom is -0.372 e. The maximum absolute atomic E-state index is 11.5. The van der Waals surface area contributed by atoms with E-state index in [-0.39, 0.29) is 5.39 Å². The number of nitrogens with one attached hydrogen (secondary N) is 1. The van der Waals surface area contributed by atoms with Crippen LogP contribution in [0.5, 0.6) is 0 Å². The second-order valence-electron chi connectivity index (χ2n) is 3.57. The van der Waals surface area contributed by atoms with E-state index in [2.05, 4.69) is 31.3 Å². The van der Waals surface area contributed by atoms with Crippen LogP contribution in [0.2, 0.25) is 0 Å². The van der Waals surface area contributed by atoms with Crippen molar-refractivity contribution >= 4 is 10.9 Å². The number of aromatic nitrogens is 1. The van der Waals surface area contributed by atoms with Crippen molar-refractivity contribution in [3.8, 4) is 11.8 Å². The summed E-state index contributed by atoms with van der Waals surface area (Å²) in [4.78, 5) is 27.5. The molecule has 2 aromatic rings. The molecule has 0 spiro atoms. The number of hydrogen-bond donors (Lipinski definition) is 1. The molecule has 0 aliphatic rings. The molecule has 0 aliphatic carbocycles. The average molecular weight is 256 g/mol. The monoisotopic (exact) mass is 256 g/mol.